The molecule has 32 heavy (non-hydrogen) atoms. The van der Waals surface area contributed by atoms with Gasteiger partial charge in [-0.3, -0.25) is 10.2 Å². The summed E-state index contributed by atoms with van der Waals surface area (Å²) in [6.45, 7) is 2.94. The number of rotatable bonds is 13. The van der Waals surface area contributed by atoms with Gasteiger partial charge in [0.25, 0.3) is 5.91 Å². The van der Waals surface area contributed by atoms with Crippen LogP contribution in [-0.4, -0.2) is 59.7 Å². The molecule has 0 aliphatic carbocycles. The van der Waals surface area contributed by atoms with Crippen molar-refractivity contribution in [2.45, 2.75) is 18.3 Å². The van der Waals surface area contributed by atoms with Gasteiger partial charge in [0.15, 0.2) is 5.17 Å². The van der Waals surface area contributed by atoms with Crippen LogP contribution in [0.4, 0.5) is 13.2 Å². The molecule has 0 radical (unpaired) electrons. The van der Waals surface area contributed by atoms with Crippen molar-refractivity contribution in [2.75, 3.05) is 27.3 Å². The summed E-state index contributed by atoms with van der Waals surface area (Å²) in [6, 6.07) is 0. The van der Waals surface area contributed by atoms with E-state index < -0.39 is 36.8 Å². The number of thioether (sulfide) groups is 1. The van der Waals surface area contributed by atoms with E-state index in [1.165, 1.54) is 32.3 Å². The van der Waals surface area contributed by atoms with Crippen molar-refractivity contribution < 1.29 is 27.4 Å². The molecule has 176 valence electrons. The molecule has 0 aliphatic heterocycles. The number of nitrogens with zero attached hydrogens (tertiary/aromatic N) is 2. The first-order valence-corrected chi connectivity index (χ1v) is 10.2. The van der Waals surface area contributed by atoms with E-state index in [-0.39, 0.29) is 34.6 Å². The summed E-state index contributed by atoms with van der Waals surface area (Å²) >= 11 is 0.792. The van der Waals surface area contributed by atoms with Gasteiger partial charge in [-0.2, -0.15) is 0 Å². The topological polar surface area (TPSA) is 123 Å². The van der Waals surface area contributed by atoms with Gasteiger partial charge in [-0.25, -0.2) is 23.1 Å². The van der Waals surface area contributed by atoms with Crippen LogP contribution in [0.2, 0.25) is 0 Å². The number of hydrogen-bond donors (Lipinski definition) is 3. The first-order valence-electron chi connectivity index (χ1n) is 9.32. The zero-order valence-corrected chi connectivity index (χ0v) is 18.5. The van der Waals surface area contributed by atoms with E-state index in [0.717, 1.165) is 24.2 Å². The monoisotopic (exact) mass is 473 g/mol. The number of methoxy groups -OCH3 is 1. The SMILES string of the molecule is C=C/C=C(\C=C(/CF)[C@H](C)[C@@H](F)[C@@H](COC)SC(=N)N)NC(=O)c1cnc(OCF)cn1. The molecule has 0 aromatic carbocycles. The van der Waals surface area contributed by atoms with Crippen LogP contribution in [0.25, 0.3) is 0 Å². The normalized spacial score (nSPS) is 14.9. The van der Waals surface area contributed by atoms with Crippen molar-refractivity contribution in [2.24, 2.45) is 11.7 Å². The molecule has 1 heterocycles. The number of carbonyl (C=O) groups is 1. The number of aromatic nitrogens is 2. The quantitative estimate of drug-likeness (QED) is 0.229. The van der Waals surface area contributed by atoms with Gasteiger partial charge < -0.3 is 20.5 Å². The third-order valence-corrected chi connectivity index (χ3v) is 5.09. The molecule has 0 saturated heterocycles. The van der Waals surface area contributed by atoms with E-state index in [1.54, 1.807) is 0 Å². The second-order valence-corrected chi connectivity index (χ2v) is 7.65. The third kappa shape index (κ3) is 8.71. The first kappa shape index (κ1) is 27.2. The Labute approximate surface area is 188 Å². The highest BCUT2D eigenvalue weighted by Gasteiger charge is 2.30. The van der Waals surface area contributed by atoms with Crippen LogP contribution < -0.4 is 15.8 Å². The highest BCUT2D eigenvalue weighted by molar-refractivity contribution is 8.14. The lowest BCUT2D eigenvalue weighted by molar-refractivity contribution is 0.0961. The number of nitrogens with two attached hydrogens (primary N) is 1. The molecule has 0 aliphatic rings. The Bertz CT molecular complexity index is 836. The van der Waals surface area contributed by atoms with Gasteiger partial charge in [-0.1, -0.05) is 31.3 Å². The van der Waals surface area contributed by atoms with Crippen molar-refractivity contribution in [3.05, 3.63) is 54.2 Å². The fourth-order valence-corrected chi connectivity index (χ4v) is 3.44. The van der Waals surface area contributed by atoms with Crippen LogP contribution in [-0.2, 0) is 4.74 Å². The maximum Gasteiger partial charge on any atom is 0.275 e. The molecule has 0 spiro atoms. The lowest BCUT2D eigenvalue weighted by atomic mass is 9.94. The molecule has 0 saturated carbocycles. The molecule has 3 atom stereocenters. The van der Waals surface area contributed by atoms with Crippen molar-refractivity contribution in [1.82, 2.24) is 15.3 Å². The Morgan fingerprint density at radius 2 is 2.12 bits per heavy atom. The molecule has 0 unspecified atom stereocenters. The molecular weight excluding hydrogens is 447 g/mol. The molecule has 0 bridgehead atoms. The lowest BCUT2D eigenvalue weighted by Crippen LogP contribution is -2.33. The number of hydrogen-bond acceptors (Lipinski definition) is 7. The van der Waals surface area contributed by atoms with Gasteiger partial charge in [0, 0.05) is 18.7 Å². The summed E-state index contributed by atoms with van der Waals surface area (Å²) in [5, 5.41) is 8.80. The van der Waals surface area contributed by atoms with Crippen LogP contribution in [0.1, 0.15) is 17.4 Å². The van der Waals surface area contributed by atoms with E-state index in [9.17, 15) is 13.6 Å². The number of ether oxygens (including phenoxy) is 2. The third-order valence-electron chi connectivity index (χ3n) is 4.14. The zero-order chi connectivity index (χ0) is 24.1. The van der Waals surface area contributed by atoms with Gasteiger partial charge in [0.2, 0.25) is 12.7 Å². The number of carbonyl (C=O) groups excluding carboxylic acids is 1. The molecule has 12 heteroatoms. The molecule has 0 fully saturated rings. The van der Waals surface area contributed by atoms with Gasteiger partial charge in [0.05, 0.1) is 24.3 Å². The van der Waals surface area contributed by atoms with Crippen molar-refractivity contribution >= 4 is 22.8 Å². The summed E-state index contributed by atoms with van der Waals surface area (Å²) in [7, 11) is 1.39. The molecule has 1 rings (SSSR count). The Balaban J connectivity index is 3.05. The minimum Gasteiger partial charge on any atom is -0.445 e. The van der Waals surface area contributed by atoms with Crippen molar-refractivity contribution in [1.29, 1.82) is 5.41 Å². The number of amidine groups is 1. The molecular formula is C20H26F3N5O3S. The highest BCUT2D eigenvalue weighted by Crippen LogP contribution is 2.28. The predicted octanol–water partition coefficient (Wildman–Crippen LogP) is 3.09. The van der Waals surface area contributed by atoms with Crippen LogP contribution in [0.5, 0.6) is 5.88 Å². The minimum atomic E-state index is -1.58. The van der Waals surface area contributed by atoms with Crippen LogP contribution in [0, 0.1) is 11.3 Å². The predicted molar refractivity (Wildman–Crippen MR) is 118 cm³/mol. The Morgan fingerprint density at radius 1 is 1.41 bits per heavy atom. The molecule has 1 aromatic rings. The van der Waals surface area contributed by atoms with Crippen molar-refractivity contribution in [3.8, 4) is 5.88 Å². The maximum absolute atomic E-state index is 15.1. The fourth-order valence-electron chi connectivity index (χ4n) is 2.55. The lowest BCUT2D eigenvalue weighted by Gasteiger charge is -2.25. The number of allylic oxidation sites excluding steroid dienone is 4. The van der Waals surface area contributed by atoms with Crippen LogP contribution >= 0.6 is 11.8 Å². The average molecular weight is 474 g/mol. The summed E-state index contributed by atoms with van der Waals surface area (Å²) in [5.41, 5.74) is 5.46. The number of amides is 1. The Kier molecular flexibility index (Phi) is 12.1. The Hall–Kier alpha value is -2.86. The minimum absolute atomic E-state index is 0.0256. The standard InChI is InChI=1S/C20H26F3N5O3S/c1-4-5-14(28-19(29)15-8-27-17(9-26-15)31-11-22)6-13(7-21)12(2)18(23)16(10-30-3)32-20(24)25/h4-6,8-9,12,16,18H,1,7,10-11H2,2-3H3,(H3,24,25)(H,28,29)/b13-6+,14-5+/t12-,16+,18+/m0/s1. The van der Waals surface area contributed by atoms with Gasteiger partial charge in [-0.05, 0) is 17.7 Å². The molecule has 1 amide bonds. The van der Waals surface area contributed by atoms with Gasteiger partial charge >= 0.3 is 0 Å². The largest absolute Gasteiger partial charge is 0.445 e. The molecule has 1 aromatic heterocycles. The first-order chi connectivity index (χ1) is 15.3. The van der Waals surface area contributed by atoms with E-state index in [1.807, 2.05) is 0 Å². The molecule has 8 nitrogen and oxygen atoms in total. The average Bonchev–Trinajstić information content (AvgIpc) is 2.76. The van der Waals surface area contributed by atoms with E-state index >= 15 is 4.39 Å². The van der Waals surface area contributed by atoms with Gasteiger partial charge in [-0.15, -0.1) is 0 Å². The Morgan fingerprint density at radius 3 is 2.62 bits per heavy atom. The van der Waals surface area contributed by atoms with Crippen LogP contribution in [0.3, 0.4) is 0 Å². The van der Waals surface area contributed by atoms with Crippen LogP contribution in [0.15, 0.2) is 48.5 Å². The number of nitrogens with one attached hydrogen (secondary N) is 2. The highest BCUT2D eigenvalue weighted by atomic mass is 32.2. The summed E-state index contributed by atoms with van der Waals surface area (Å²) in [5.74, 6) is -1.68. The molecule has 4 N–H and O–H groups in total. The smallest absolute Gasteiger partial charge is 0.275 e. The fraction of sp³-hybridized carbons (Fsp3) is 0.400. The zero-order valence-electron chi connectivity index (χ0n) is 17.7. The second kappa shape index (κ2) is 14.2. The van der Waals surface area contributed by atoms with E-state index in [0.29, 0.717) is 0 Å². The summed E-state index contributed by atoms with van der Waals surface area (Å²) in [4.78, 5) is 20.0. The maximum atomic E-state index is 15.1. The summed E-state index contributed by atoms with van der Waals surface area (Å²) in [6.07, 6.45) is 4.64. The number of halogens is 3. The van der Waals surface area contributed by atoms with E-state index in [2.05, 4.69) is 26.6 Å². The van der Waals surface area contributed by atoms with Crippen molar-refractivity contribution in [3.63, 3.8) is 0 Å². The second-order valence-electron chi connectivity index (χ2n) is 6.37. The number of alkyl halides is 3. The van der Waals surface area contributed by atoms with Gasteiger partial charge in [0.1, 0.15) is 18.5 Å². The summed E-state index contributed by atoms with van der Waals surface area (Å²) < 4.78 is 50.5. The van der Waals surface area contributed by atoms with E-state index in [4.69, 9.17) is 15.9 Å².